The maximum Gasteiger partial charge on any atom is 0.364 e. The molecule has 0 fully saturated rings. The summed E-state index contributed by atoms with van der Waals surface area (Å²) in [5, 5.41) is 0. The molecule has 3 N–H and O–H groups in total. The maximum absolute atomic E-state index is 10.6. The van der Waals surface area contributed by atoms with Crippen LogP contribution in [0.5, 0.6) is 0 Å². The molecule has 0 aliphatic carbocycles. The van der Waals surface area contributed by atoms with Gasteiger partial charge in [-0.25, -0.2) is 3.97 Å². The van der Waals surface area contributed by atoms with Gasteiger partial charge in [-0.1, -0.05) is 0 Å². The summed E-state index contributed by atoms with van der Waals surface area (Å²) in [6.07, 6.45) is 1.02. The summed E-state index contributed by atoms with van der Waals surface area (Å²) >= 11 is 0. The van der Waals surface area contributed by atoms with Crippen molar-refractivity contribution in [3.63, 3.8) is 0 Å². The first-order valence-electron chi connectivity index (χ1n) is 2.88. The van der Waals surface area contributed by atoms with Crippen LogP contribution in [-0.2, 0) is 10.3 Å². The van der Waals surface area contributed by atoms with E-state index < -0.39 is 16.2 Å². The molecule has 0 saturated heterocycles. The van der Waals surface area contributed by atoms with Crippen molar-refractivity contribution in [1.29, 1.82) is 0 Å². The van der Waals surface area contributed by atoms with Crippen LogP contribution in [0, 0.1) is 0 Å². The molecule has 66 valence electrons. The van der Waals surface area contributed by atoms with Crippen LogP contribution in [0.25, 0.3) is 0 Å². The third kappa shape index (κ3) is 1.46. The van der Waals surface area contributed by atoms with E-state index in [0.29, 0.717) is 3.97 Å². The predicted molar refractivity (Wildman–Crippen MR) is 39.9 cm³/mol. The van der Waals surface area contributed by atoms with Gasteiger partial charge in [-0.3, -0.25) is 9.35 Å². The lowest BCUT2D eigenvalue weighted by molar-refractivity contribution is 0.0994. The lowest BCUT2D eigenvalue weighted by atomic mass is 10.4. The predicted octanol–water partition coefficient (Wildman–Crippen LogP) is -0.762. The first-order chi connectivity index (χ1) is 5.43. The molecule has 0 unspecified atom stereocenters. The minimum Gasteiger partial charge on any atom is -0.364 e. The van der Waals surface area contributed by atoms with Crippen molar-refractivity contribution in [2.45, 2.75) is 0 Å². The summed E-state index contributed by atoms with van der Waals surface area (Å²) in [6.45, 7) is 0. The number of hydrogen-bond donors (Lipinski definition) is 2. The fraction of sp³-hybridized carbons (Fsp3) is 0. The summed E-state index contributed by atoms with van der Waals surface area (Å²) in [5.74, 6) is -0.919. The molecular formula is C5H6N2O4S. The molecule has 0 radical (unpaired) electrons. The topological polar surface area (TPSA) is 102 Å². The Kier molecular flexibility index (Phi) is 1.90. The van der Waals surface area contributed by atoms with Gasteiger partial charge in [0.1, 0.15) is 5.69 Å². The van der Waals surface area contributed by atoms with E-state index in [4.69, 9.17) is 10.3 Å². The Morgan fingerprint density at radius 2 is 2.17 bits per heavy atom. The molecule has 1 heterocycles. The molecule has 0 bridgehead atoms. The normalized spacial score (nSPS) is 11.4. The second kappa shape index (κ2) is 2.61. The van der Waals surface area contributed by atoms with E-state index in [1.54, 1.807) is 0 Å². The lowest BCUT2D eigenvalue weighted by Crippen LogP contribution is -2.21. The van der Waals surface area contributed by atoms with E-state index in [9.17, 15) is 13.2 Å². The van der Waals surface area contributed by atoms with Crippen LogP contribution < -0.4 is 5.73 Å². The number of carbonyl (C=O) groups excluding carboxylic acids is 1. The molecule has 6 nitrogen and oxygen atoms in total. The Morgan fingerprint density at radius 1 is 1.58 bits per heavy atom. The average molecular weight is 190 g/mol. The lowest BCUT2D eigenvalue weighted by Gasteiger charge is -2.00. The SMILES string of the molecule is NC(=O)c1cccn1S(=O)(=O)O. The van der Waals surface area contributed by atoms with E-state index in [1.807, 2.05) is 0 Å². The van der Waals surface area contributed by atoms with Gasteiger partial charge < -0.3 is 5.73 Å². The fourth-order valence-corrected chi connectivity index (χ4v) is 1.38. The van der Waals surface area contributed by atoms with E-state index in [0.717, 1.165) is 6.20 Å². The minimum absolute atomic E-state index is 0.280. The monoisotopic (exact) mass is 190 g/mol. The molecule has 0 aliphatic rings. The van der Waals surface area contributed by atoms with Gasteiger partial charge >= 0.3 is 10.3 Å². The molecule has 1 aromatic heterocycles. The molecule has 1 rings (SSSR count). The molecular weight excluding hydrogens is 184 g/mol. The third-order valence-electron chi connectivity index (χ3n) is 1.21. The first kappa shape index (κ1) is 8.75. The number of amides is 1. The number of carbonyl (C=O) groups is 1. The minimum atomic E-state index is -4.42. The molecule has 0 saturated carbocycles. The zero-order valence-electron chi connectivity index (χ0n) is 5.84. The fourth-order valence-electron chi connectivity index (χ4n) is 0.758. The summed E-state index contributed by atoms with van der Waals surface area (Å²) < 4.78 is 30.0. The molecule has 12 heavy (non-hydrogen) atoms. The summed E-state index contributed by atoms with van der Waals surface area (Å²) in [5.41, 5.74) is 4.54. The van der Waals surface area contributed by atoms with Gasteiger partial charge in [-0.2, -0.15) is 8.42 Å². The van der Waals surface area contributed by atoms with E-state index in [-0.39, 0.29) is 5.69 Å². The number of hydrogen-bond acceptors (Lipinski definition) is 3. The van der Waals surface area contributed by atoms with Crippen LogP contribution in [0.2, 0.25) is 0 Å². The van der Waals surface area contributed by atoms with Crippen LogP contribution in [0.3, 0.4) is 0 Å². The second-order valence-electron chi connectivity index (χ2n) is 2.03. The number of primary amides is 1. The summed E-state index contributed by atoms with van der Waals surface area (Å²) in [7, 11) is -4.42. The molecule has 0 atom stereocenters. The first-order valence-corrected chi connectivity index (χ1v) is 4.28. The maximum atomic E-state index is 10.6. The van der Waals surface area contributed by atoms with Crippen LogP contribution in [0.1, 0.15) is 10.5 Å². The van der Waals surface area contributed by atoms with Crippen molar-refractivity contribution in [3.05, 3.63) is 24.0 Å². The zero-order valence-corrected chi connectivity index (χ0v) is 6.65. The zero-order chi connectivity index (χ0) is 9.35. The van der Waals surface area contributed by atoms with Gasteiger partial charge in [0, 0.05) is 6.20 Å². The highest BCUT2D eigenvalue weighted by atomic mass is 32.2. The van der Waals surface area contributed by atoms with Crippen molar-refractivity contribution in [1.82, 2.24) is 3.97 Å². The Morgan fingerprint density at radius 3 is 2.50 bits per heavy atom. The van der Waals surface area contributed by atoms with Crippen LogP contribution in [-0.4, -0.2) is 22.9 Å². The van der Waals surface area contributed by atoms with Gasteiger partial charge in [0.2, 0.25) is 0 Å². The smallest absolute Gasteiger partial charge is 0.364 e. The van der Waals surface area contributed by atoms with Crippen molar-refractivity contribution >= 4 is 16.2 Å². The Balaban J connectivity index is 3.36. The average Bonchev–Trinajstić information content (AvgIpc) is 2.30. The summed E-state index contributed by atoms with van der Waals surface area (Å²) in [6, 6.07) is 2.48. The molecule has 0 aliphatic heterocycles. The highest BCUT2D eigenvalue weighted by Crippen LogP contribution is 2.03. The van der Waals surface area contributed by atoms with Crippen LogP contribution in [0.15, 0.2) is 18.3 Å². The largest absolute Gasteiger partial charge is 0.364 e. The second-order valence-corrected chi connectivity index (χ2v) is 3.32. The van der Waals surface area contributed by atoms with Gasteiger partial charge in [-0.15, -0.1) is 0 Å². The number of aromatic nitrogens is 1. The number of nitrogens with zero attached hydrogens (tertiary/aromatic N) is 1. The van der Waals surface area contributed by atoms with Crippen molar-refractivity contribution < 1.29 is 17.8 Å². The third-order valence-corrected chi connectivity index (χ3v) is 2.03. The Bertz CT molecular complexity index is 405. The van der Waals surface area contributed by atoms with E-state index in [2.05, 4.69) is 0 Å². The van der Waals surface area contributed by atoms with Crippen molar-refractivity contribution in [3.8, 4) is 0 Å². The standard InChI is InChI=1S/C5H6N2O4S/c6-5(8)4-2-1-3-7(4)12(9,10)11/h1-3H,(H2,6,8)(H,9,10,11). The highest BCUT2D eigenvalue weighted by molar-refractivity contribution is 7.84. The van der Waals surface area contributed by atoms with Crippen molar-refractivity contribution in [2.75, 3.05) is 0 Å². The Hall–Kier alpha value is -1.34. The highest BCUT2D eigenvalue weighted by Gasteiger charge is 2.15. The van der Waals surface area contributed by atoms with Gasteiger partial charge in [0.25, 0.3) is 5.91 Å². The van der Waals surface area contributed by atoms with Crippen molar-refractivity contribution in [2.24, 2.45) is 5.73 Å². The van der Waals surface area contributed by atoms with Gasteiger partial charge in [-0.05, 0) is 12.1 Å². The molecule has 1 aromatic rings. The molecule has 0 aromatic carbocycles. The van der Waals surface area contributed by atoms with Crippen LogP contribution >= 0.6 is 0 Å². The molecule has 0 spiro atoms. The number of nitrogens with two attached hydrogens (primary N) is 1. The molecule has 1 amide bonds. The van der Waals surface area contributed by atoms with Gasteiger partial charge in [0.15, 0.2) is 0 Å². The molecule has 7 heteroatoms. The van der Waals surface area contributed by atoms with E-state index >= 15 is 0 Å². The van der Waals surface area contributed by atoms with E-state index in [1.165, 1.54) is 12.1 Å². The quantitative estimate of drug-likeness (QED) is 0.598. The van der Waals surface area contributed by atoms with Crippen LogP contribution in [0.4, 0.5) is 0 Å². The summed E-state index contributed by atoms with van der Waals surface area (Å²) in [4.78, 5) is 10.6. The Labute approximate surface area is 68.5 Å². The number of rotatable bonds is 2. The van der Waals surface area contributed by atoms with Gasteiger partial charge in [0.05, 0.1) is 0 Å².